The number of nitrogens with one attached hydrogen (secondary N) is 3. The van der Waals surface area contributed by atoms with E-state index < -0.39 is 79.2 Å². The molecule has 2 aromatic rings. The van der Waals surface area contributed by atoms with Gasteiger partial charge in [0.15, 0.2) is 0 Å². The first-order valence-corrected chi connectivity index (χ1v) is 19.3. The van der Waals surface area contributed by atoms with Gasteiger partial charge in [0.05, 0.1) is 18.9 Å². The number of methoxy groups -OCH3 is 2. The van der Waals surface area contributed by atoms with Crippen molar-refractivity contribution in [1.29, 1.82) is 0 Å². The molecule has 1 saturated heterocycles. The number of carbonyl (C=O) groups excluding carboxylic acids is 4. The molecule has 14 heteroatoms. The minimum absolute atomic E-state index is 0.0167. The molecular formula is C39H52N4O9S. The molecule has 0 bridgehead atoms. The normalized spacial score (nSPS) is 24.9. The van der Waals surface area contributed by atoms with E-state index in [1.54, 1.807) is 54.7 Å². The number of hydrogen-bond acceptors (Lipinski definition) is 9. The van der Waals surface area contributed by atoms with E-state index in [4.69, 9.17) is 14.2 Å². The highest BCUT2D eigenvalue weighted by molar-refractivity contribution is 7.91. The number of fused-ring (bicyclic) bond motifs is 1. The molecule has 1 heterocycles. The van der Waals surface area contributed by atoms with Crippen LogP contribution in [-0.2, 0) is 39.5 Å². The lowest BCUT2D eigenvalue weighted by molar-refractivity contribution is -0.143. The zero-order valence-electron chi connectivity index (χ0n) is 31.8. The lowest BCUT2D eigenvalue weighted by Gasteiger charge is -2.36. The summed E-state index contributed by atoms with van der Waals surface area (Å²) >= 11 is 0. The quantitative estimate of drug-likeness (QED) is 0.264. The highest BCUT2D eigenvalue weighted by Gasteiger charge is 2.62. The van der Waals surface area contributed by atoms with Crippen molar-refractivity contribution in [2.45, 2.75) is 101 Å². The third-order valence-corrected chi connectivity index (χ3v) is 12.1. The lowest BCUT2D eigenvalue weighted by Crippen LogP contribution is -2.60. The second kappa shape index (κ2) is 14.1. The van der Waals surface area contributed by atoms with E-state index >= 15 is 0 Å². The molecule has 3 fully saturated rings. The van der Waals surface area contributed by atoms with Crippen LogP contribution in [-0.4, -0.2) is 86.4 Å². The molecule has 0 aromatic heterocycles. The van der Waals surface area contributed by atoms with E-state index in [1.807, 2.05) is 30.3 Å². The predicted molar refractivity (Wildman–Crippen MR) is 201 cm³/mol. The van der Waals surface area contributed by atoms with Gasteiger partial charge in [-0.2, -0.15) is 0 Å². The summed E-state index contributed by atoms with van der Waals surface area (Å²) in [4.78, 5) is 57.3. The van der Waals surface area contributed by atoms with Crippen LogP contribution in [0.4, 0.5) is 4.79 Å². The van der Waals surface area contributed by atoms with Crippen molar-refractivity contribution in [2.75, 3.05) is 20.8 Å². The molecule has 13 nitrogen and oxygen atoms in total. The number of rotatable bonds is 12. The van der Waals surface area contributed by atoms with Gasteiger partial charge in [0.25, 0.3) is 5.91 Å². The molecule has 0 spiro atoms. The molecule has 1 aliphatic heterocycles. The van der Waals surface area contributed by atoms with Crippen molar-refractivity contribution >= 4 is 50.7 Å². The number of alkyl carbamates (subject to hydrolysis) is 1. The second-order valence-electron chi connectivity index (χ2n) is 16.4. The lowest BCUT2D eigenvalue weighted by atomic mass is 9.85. The Labute approximate surface area is 311 Å². The molecule has 2 saturated carbocycles. The molecule has 5 atom stereocenters. The number of likely N-dealkylation sites (tertiary alicyclic amines) is 1. The second-order valence-corrected chi connectivity index (χ2v) is 18.3. The fraction of sp³-hybridized carbons (Fsp3) is 0.538. The van der Waals surface area contributed by atoms with Crippen LogP contribution in [0.5, 0.6) is 5.75 Å². The molecule has 3 aliphatic rings. The minimum Gasteiger partial charge on any atom is -0.496 e. The average Bonchev–Trinajstić information content (AvgIpc) is 4.01. The van der Waals surface area contributed by atoms with Crippen LogP contribution in [0.25, 0.3) is 16.8 Å². The van der Waals surface area contributed by atoms with Gasteiger partial charge in [-0.25, -0.2) is 13.2 Å². The molecule has 53 heavy (non-hydrogen) atoms. The first-order valence-electron chi connectivity index (χ1n) is 17.7. The summed E-state index contributed by atoms with van der Waals surface area (Å²) in [5.41, 5.74) is -2.99. The Bertz CT molecular complexity index is 1950. The van der Waals surface area contributed by atoms with Crippen molar-refractivity contribution < 1.29 is 41.8 Å². The molecule has 2 aliphatic carbocycles. The van der Waals surface area contributed by atoms with E-state index in [9.17, 15) is 27.6 Å². The van der Waals surface area contributed by atoms with Gasteiger partial charge in [-0.05, 0) is 80.0 Å². The van der Waals surface area contributed by atoms with Gasteiger partial charge in [0.2, 0.25) is 21.8 Å². The maximum absolute atomic E-state index is 14.7. The smallest absolute Gasteiger partial charge is 0.408 e. The van der Waals surface area contributed by atoms with E-state index in [2.05, 4.69) is 28.5 Å². The number of benzene rings is 2. The maximum Gasteiger partial charge on any atom is 0.408 e. The fourth-order valence-electron chi connectivity index (χ4n) is 6.99. The zero-order valence-corrected chi connectivity index (χ0v) is 32.6. The van der Waals surface area contributed by atoms with Crippen molar-refractivity contribution in [1.82, 2.24) is 20.3 Å². The Kier molecular flexibility index (Phi) is 10.6. The summed E-state index contributed by atoms with van der Waals surface area (Å²) in [6.45, 7) is 18.1. The predicted octanol–water partition coefficient (Wildman–Crippen LogP) is 4.54. The number of carbonyl (C=O) groups is 4. The number of amides is 4. The van der Waals surface area contributed by atoms with E-state index in [-0.39, 0.29) is 19.4 Å². The topological polar surface area (TPSA) is 169 Å². The standard InChI is InChI=1S/C39H52N4O9S/c1-11-23-17-25-18-27(14-13-24(25)19-30(23)50-9)38(51-10)21-29(43(22-38)33(45)31(36(3,4)5)40-35(47)52-37(6,7)8)32(44)41-39(20-26(39)12-2)34(46)42-53(48,49)28-15-16-28/h11-14,17-19,26,28-29,31H,1-2,15-16,20-22H2,3-10H3,(H,40,47)(H,41,44)(H,42,46)/t26-,29+,31-,38+,39-/m1/s1. The van der Waals surface area contributed by atoms with Gasteiger partial charge in [-0.1, -0.05) is 51.6 Å². The number of ether oxygens (including phenoxy) is 3. The van der Waals surface area contributed by atoms with Crippen LogP contribution in [0, 0.1) is 11.3 Å². The van der Waals surface area contributed by atoms with E-state index in [1.165, 1.54) is 18.1 Å². The first kappa shape index (κ1) is 39.8. The van der Waals surface area contributed by atoms with Gasteiger partial charge < -0.3 is 29.7 Å². The maximum atomic E-state index is 14.7. The van der Waals surface area contributed by atoms with E-state index in [0.29, 0.717) is 24.2 Å². The summed E-state index contributed by atoms with van der Waals surface area (Å²) < 4.78 is 44.9. The molecule has 4 amide bonds. The SMILES string of the molecule is C=Cc1cc2cc([C@]3(OC)C[C@@H](C(=O)N[C@]4(C(=O)NS(=O)(=O)C5CC5)C[C@H]4C=C)N(C(=O)[C@@H](NC(=O)OC(C)(C)C)C(C)(C)C)C3)ccc2cc1OC. The highest BCUT2D eigenvalue weighted by atomic mass is 32.2. The van der Waals surface area contributed by atoms with Crippen molar-refractivity contribution in [3.63, 3.8) is 0 Å². The molecule has 5 rings (SSSR count). The van der Waals surface area contributed by atoms with E-state index in [0.717, 1.165) is 16.3 Å². The average molecular weight is 753 g/mol. The Morgan fingerprint density at radius 1 is 0.981 bits per heavy atom. The largest absolute Gasteiger partial charge is 0.496 e. The Morgan fingerprint density at radius 3 is 2.19 bits per heavy atom. The van der Waals surface area contributed by atoms with Crippen molar-refractivity contribution in [3.8, 4) is 5.75 Å². The van der Waals surface area contributed by atoms with Gasteiger partial charge in [-0.15, -0.1) is 6.58 Å². The monoisotopic (exact) mass is 752 g/mol. The Morgan fingerprint density at radius 2 is 1.66 bits per heavy atom. The van der Waals surface area contributed by atoms with Gasteiger partial charge in [0.1, 0.15) is 34.6 Å². The highest BCUT2D eigenvalue weighted by Crippen LogP contribution is 2.47. The van der Waals surface area contributed by atoms with Gasteiger partial charge in [-0.3, -0.25) is 19.1 Å². The zero-order chi connectivity index (χ0) is 39.3. The number of nitrogens with zero attached hydrogens (tertiary/aromatic N) is 1. The fourth-order valence-corrected chi connectivity index (χ4v) is 8.35. The summed E-state index contributed by atoms with van der Waals surface area (Å²) in [6.07, 6.45) is 3.41. The van der Waals surface area contributed by atoms with Crippen molar-refractivity contribution in [3.05, 3.63) is 60.7 Å². The van der Waals surface area contributed by atoms with Crippen molar-refractivity contribution in [2.24, 2.45) is 11.3 Å². The third kappa shape index (κ3) is 8.08. The molecular weight excluding hydrogens is 701 g/mol. The minimum atomic E-state index is -3.91. The van der Waals surface area contributed by atoms with Crippen LogP contribution < -0.4 is 20.1 Å². The van der Waals surface area contributed by atoms with Crippen LogP contribution in [0.1, 0.15) is 78.4 Å². The van der Waals surface area contributed by atoms with Crippen LogP contribution >= 0.6 is 0 Å². The summed E-state index contributed by atoms with van der Waals surface area (Å²) in [5, 5.41) is 6.63. The Balaban J connectivity index is 1.55. The molecule has 0 unspecified atom stereocenters. The van der Waals surface area contributed by atoms with Gasteiger partial charge >= 0.3 is 6.09 Å². The summed E-state index contributed by atoms with van der Waals surface area (Å²) in [6, 6.07) is 7.19. The van der Waals surface area contributed by atoms with Crippen LogP contribution in [0.2, 0.25) is 0 Å². The molecule has 0 radical (unpaired) electrons. The first-order chi connectivity index (χ1) is 24.6. The molecule has 288 valence electrons. The number of sulfonamides is 1. The summed E-state index contributed by atoms with van der Waals surface area (Å²) in [7, 11) is -0.829. The number of hydrogen-bond donors (Lipinski definition) is 3. The Hall–Kier alpha value is -4.43. The van der Waals surface area contributed by atoms with Crippen LogP contribution in [0.15, 0.2) is 49.6 Å². The third-order valence-electron chi connectivity index (χ3n) is 10.3. The molecule has 2 aromatic carbocycles. The van der Waals surface area contributed by atoms with Gasteiger partial charge in [0, 0.05) is 25.0 Å². The molecule has 3 N–H and O–H groups in total. The summed E-state index contributed by atoms with van der Waals surface area (Å²) in [5.74, 6) is -1.97. The van der Waals surface area contributed by atoms with Crippen LogP contribution in [0.3, 0.4) is 0 Å².